The summed E-state index contributed by atoms with van der Waals surface area (Å²) in [6.45, 7) is 0.506. The first-order valence-electron chi connectivity index (χ1n) is 6.89. The number of halogens is 1. The molecular weight excluding hydrogens is 271 g/mol. The van der Waals surface area contributed by atoms with Gasteiger partial charge in [-0.05, 0) is 36.0 Å². The second-order valence-electron chi connectivity index (χ2n) is 5.32. The molecule has 0 aromatic heterocycles. The van der Waals surface area contributed by atoms with Gasteiger partial charge in [0.1, 0.15) is 5.82 Å². The van der Waals surface area contributed by atoms with E-state index in [0.29, 0.717) is 12.2 Å². The molecule has 0 aliphatic heterocycles. The molecule has 1 aliphatic carbocycles. The molecule has 4 nitrogen and oxygen atoms in total. The van der Waals surface area contributed by atoms with Gasteiger partial charge in [0.25, 0.3) is 5.69 Å². The number of rotatable bonds is 5. The fraction of sp³-hybridized carbons (Fsp3) is 0.250. The molecular formula is C16H15FN2O2. The average molecular weight is 286 g/mol. The topological polar surface area (TPSA) is 55.2 Å². The molecule has 0 saturated heterocycles. The zero-order valence-corrected chi connectivity index (χ0v) is 11.4. The van der Waals surface area contributed by atoms with E-state index in [9.17, 15) is 14.5 Å². The Bertz CT molecular complexity index is 666. The Kier molecular flexibility index (Phi) is 3.56. The van der Waals surface area contributed by atoms with Crippen molar-refractivity contribution in [1.29, 1.82) is 0 Å². The predicted octanol–water partition coefficient (Wildman–Crippen LogP) is 4.22. The largest absolute Gasteiger partial charge is 0.381 e. The maximum Gasteiger partial charge on any atom is 0.274 e. The van der Waals surface area contributed by atoms with Gasteiger partial charge in [-0.1, -0.05) is 24.3 Å². The number of benzene rings is 2. The van der Waals surface area contributed by atoms with Gasteiger partial charge in [-0.2, -0.15) is 0 Å². The van der Waals surface area contributed by atoms with Gasteiger partial charge >= 0.3 is 0 Å². The van der Waals surface area contributed by atoms with Crippen molar-refractivity contribution in [3.63, 3.8) is 0 Å². The van der Waals surface area contributed by atoms with E-state index < -0.39 is 10.7 Å². The van der Waals surface area contributed by atoms with E-state index in [1.165, 1.54) is 30.5 Å². The maximum atomic E-state index is 13.3. The van der Waals surface area contributed by atoms with E-state index in [-0.39, 0.29) is 5.69 Å². The van der Waals surface area contributed by atoms with Crippen molar-refractivity contribution in [1.82, 2.24) is 0 Å². The first-order chi connectivity index (χ1) is 10.1. The monoisotopic (exact) mass is 286 g/mol. The number of hydrogen-bond acceptors (Lipinski definition) is 3. The lowest BCUT2D eigenvalue weighted by Gasteiger charge is -2.07. The van der Waals surface area contributed by atoms with Crippen LogP contribution in [0.2, 0.25) is 0 Å². The van der Waals surface area contributed by atoms with Gasteiger partial charge in [0.2, 0.25) is 0 Å². The number of nitrogens with zero attached hydrogens (tertiary/aromatic N) is 1. The molecule has 0 atom stereocenters. The summed E-state index contributed by atoms with van der Waals surface area (Å²) in [6, 6.07) is 11.8. The van der Waals surface area contributed by atoms with Crippen LogP contribution in [-0.2, 0) is 6.54 Å². The van der Waals surface area contributed by atoms with E-state index in [1.54, 1.807) is 0 Å². The quantitative estimate of drug-likeness (QED) is 0.661. The number of non-ortho nitro benzene ring substituents is 1. The summed E-state index contributed by atoms with van der Waals surface area (Å²) in [5.41, 5.74) is 2.58. The number of anilines is 1. The Morgan fingerprint density at radius 1 is 1.19 bits per heavy atom. The van der Waals surface area contributed by atoms with Crippen LogP contribution in [-0.4, -0.2) is 4.92 Å². The summed E-state index contributed by atoms with van der Waals surface area (Å²) in [4.78, 5) is 10.1. The molecule has 2 aromatic rings. The van der Waals surface area contributed by atoms with Crippen molar-refractivity contribution in [2.75, 3.05) is 5.32 Å². The molecule has 0 radical (unpaired) electrons. The van der Waals surface area contributed by atoms with Gasteiger partial charge in [0, 0.05) is 18.3 Å². The van der Waals surface area contributed by atoms with Crippen LogP contribution in [0.1, 0.15) is 29.9 Å². The summed E-state index contributed by atoms with van der Waals surface area (Å²) >= 11 is 0. The smallest absolute Gasteiger partial charge is 0.274 e. The minimum atomic E-state index is -0.615. The van der Waals surface area contributed by atoms with Gasteiger partial charge in [0.15, 0.2) is 0 Å². The molecule has 0 bridgehead atoms. The highest BCUT2D eigenvalue weighted by molar-refractivity contribution is 5.51. The first kappa shape index (κ1) is 13.5. The Morgan fingerprint density at radius 2 is 1.90 bits per heavy atom. The lowest BCUT2D eigenvalue weighted by Crippen LogP contribution is -2.01. The van der Waals surface area contributed by atoms with E-state index in [0.717, 1.165) is 17.5 Å². The second-order valence-corrected chi connectivity index (χ2v) is 5.32. The third-order valence-corrected chi connectivity index (χ3v) is 3.62. The summed E-state index contributed by atoms with van der Waals surface area (Å²) in [5, 5.41) is 13.7. The minimum Gasteiger partial charge on any atom is -0.381 e. The molecule has 0 amide bonds. The fourth-order valence-corrected chi connectivity index (χ4v) is 2.31. The minimum absolute atomic E-state index is 0.249. The zero-order valence-electron chi connectivity index (χ0n) is 11.4. The van der Waals surface area contributed by atoms with Crippen molar-refractivity contribution in [2.45, 2.75) is 25.3 Å². The Morgan fingerprint density at radius 3 is 2.52 bits per heavy atom. The lowest BCUT2D eigenvalue weighted by molar-refractivity contribution is -0.385. The van der Waals surface area contributed by atoms with E-state index in [2.05, 4.69) is 17.4 Å². The highest BCUT2D eigenvalue weighted by Gasteiger charge is 2.22. The van der Waals surface area contributed by atoms with Crippen LogP contribution in [0.4, 0.5) is 15.8 Å². The normalized spacial score (nSPS) is 14.0. The summed E-state index contributed by atoms with van der Waals surface area (Å²) in [6.07, 6.45) is 2.54. The van der Waals surface area contributed by atoms with Crippen molar-refractivity contribution in [3.05, 3.63) is 69.5 Å². The summed E-state index contributed by atoms with van der Waals surface area (Å²) in [7, 11) is 0. The summed E-state index contributed by atoms with van der Waals surface area (Å²) in [5.74, 6) is 0.105. The van der Waals surface area contributed by atoms with Crippen LogP contribution >= 0.6 is 0 Å². The number of nitro benzene ring substituents is 1. The predicted molar refractivity (Wildman–Crippen MR) is 78.8 cm³/mol. The van der Waals surface area contributed by atoms with Crippen LogP contribution in [0.5, 0.6) is 0 Å². The molecule has 108 valence electrons. The Hall–Kier alpha value is -2.43. The zero-order chi connectivity index (χ0) is 14.8. The van der Waals surface area contributed by atoms with Gasteiger partial charge in [-0.15, -0.1) is 0 Å². The molecule has 5 heteroatoms. The summed E-state index contributed by atoms with van der Waals surface area (Å²) < 4.78 is 13.3. The Labute approximate surface area is 121 Å². The van der Waals surface area contributed by atoms with Crippen LogP contribution in [0.25, 0.3) is 0 Å². The van der Waals surface area contributed by atoms with Crippen molar-refractivity contribution >= 4 is 11.4 Å². The molecule has 0 spiro atoms. The van der Waals surface area contributed by atoms with Gasteiger partial charge in [-0.3, -0.25) is 10.1 Å². The van der Waals surface area contributed by atoms with E-state index in [4.69, 9.17) is 0 Å². The van der Waals surface area contributed by atoms with E-state index >= 15 is 0 Å². The molecule has 2 aromatic carbocycles. The molecule has 0 unspecified atom stereocenters. The number of nitrogens with one attached hydrogen (secondary N) is 1. The molecule has 0 heterocycles. The first-order valence-corrected chi connectivity index (χ1v) is 6.89. The van der Waals surface area contributed by atoms with Crippen LogP contribution in [0, 0.1) is 15.9 Å². The number of nitro groups is 1. The van der Waals surface area contributed by atoms with Crippen LogP contribution in [0.15, 0.2) is 42.5 Å². The molecule has 3 rings (SSSR count). The maximum absolute atomic E-state index is 13.3. The van der Waals surface area contributed by atoms with Gasteiger partial charge < -0.3 is 5.32 Å². The lowest BCUT2D eigenvalue weighted by atomic mass is 10.1. The molecule has 1 N–H and O–H groups in total. The van der Waals surface area contributed by atoms with Crippen molar-refractivity contribution < 1.29 is 9.31 Å². The van der Waals surface area contributed by atoms with Gasteiger partial charge in [-0.25, -0.2) is 4.39 Å². The van der Waals surface area contributed by atoms with Crippen molar-refractivity contribution in [3.8, 4) is 0 Å². The number of hydrogen-bond donors (Lipinski definition) is 1. The molecule has 1 aliphatic rings. The third-order valence-electron chi connectivity index (χ3n) is 3.62. The SMILES string of the molecule is O=[N+]([O-])c1cc(F)cc(NCc2ccc(C3CC3)cc2)c1. The van der Waals surface area contributed by atoms with Crippen LogP contribution < -0.4 is 5.32 Å². The molecule has 1 fully saturated rings. The molecule has 21 heavy (non-hydrogen) atoms. The molecule has 1 saturated carbocycles. The van der Waals surface area contributed by atoms with Crippen molar-refractivity contribution in [2.24, 2.45) is 0 Å². The van der Waals surface area contributed by atoms with Gasteiger partial charge in [0.05, 0.1) is 11.0 Å². The highest BCUT2D eigenvalue weighted by atomic mass is 19.1. The van der Waals surface area contributed by atoms with Crippen LogP contribution in [0.3, 0.4) is 0 Å². The average Bonchev–Trinajstić information content (AvgIpc) is 3.30. The fourth-order valence-electron chi connectivity index (χ4n) is 2.31. The highest BCUT2D eigenvalue weighted by Crippen LogP contribution is 2.39. The third kappa shape index (κ3) is 3.37. The standard InChI is InChI=1S/C16H15FN2O2/c17-14-7-15(9-16(8-14)19(20)21)18-10-11-1-3-12(4-2-11)13-5-6-13/h1-4,7-9,13,18H,5-6,10H2. The van der Waals surface area contributed by atoms with E-state index in [1.807, 2.05) is 12.1 Å². The second kappa shape index (κ2) is 5.52. The Balaban J connectivity index is 1.67.